The van der Waals surface area contributed by atoms with Crippen molar-refractivity contribution in [2.45, 2.75) is 64.6 Å². The van der Waals surface area contributed by atoms with E-state index in [9.17, 15) is 0 Å². The lowest BCUT2D eigenvalue weighted by atomic mass is 10.1. The van der Waals surface area contributed by atoms with Gasteiger partial charge in [0.1, 0.15) is 5.75 Å². The summed E-state index contributed by atoms with van der Waals surface area (Å²) >= 11 is 0. The summed E-state index contributed by atoms with van der Waals surface area (Å²) in [5.41, 5.74) is 3.42. The third kappa shape index (κ3) is 5.52. The zero-order chi connectivity index (χ0) is 20.1. The lowest BCUT2D eigenvalue weighted by Crippen LogP contribution is -2.36. The van der Waals surface area contributed by atoms with Gasteiger partial charge in [-0.2, -0.15) is 5.10 Å². The Labute approximate surface area is 173 Å². The molecule has 1 aromatic heterocycles. The maximum Gasteiger partial charge on any atom is 0.191 e. The summed E-state index contributed by atoms with van der Waals surface area (Å²) in [6.45, 7) is 4.27. The van der Waals surface area contributed by atoms with E-state index in [2.05, 4.69) is 57.7 Å². The molecule has 156 valence electrons. The Balaban J connectivity index is 1.29. The molecule has 2 saturated carbocycles. The first-order chi connectivity index (χ1) is 14.2. The maximum absolute atomic E-state index is 6.08. The van der Waals surface area contributed by atoms with Gasteiger partial charge in [0, 0.05) is 25.4 Å². The van der Waals surface area contributed by atoms with Crippen molar-refractivity contribution >= 4 is 5.96 Å². The summed E-state index contributed by atoms with van der Waals surface area (Å²) in [7, 11) is 1.80. The molecule has 6 nitrogen and oxygen atoms in total. The number of nitrogens with zero attached hydrogens (tertiary/aromatic N) is 3. The van der Waals surface area contributed by atoms with Crippen LogP contribution in [0, 0.1) is 12.8 Å². The van der Waals surface area contributed by atoms with Gasteiger partial charge in [0.05, 0.1) is 24.9 Å². The molecule has 2 aliphatic rings. The third-order valence-corrected chi connectivity index (χ3v) is 5.86. The van der Waals surface area contributed by atoms with Crippen molar-refractivity contribution in [3.8, 4) is 5.75 Å². The standard InChI is InChI=1S/C23H33N5O/c1-17-7-10-19(22(13-17)29-16-18-8-9-18)14-25-23(24-2)26-15-20-11-12-28(27-20)21-5-3-4-6-21/h7,10-13,18,21H,3-6,8-9,14-16H2,1-2H3,(H2,24,25,26). The molecular formula is C23H33N5O. The van der Waals surface area contributed by atoms with Crippen molar-refractivity contribution in [2.24, 2.45) is 10.9 Å². The first-order valence-corrected chi connectivity index (χ1v) is 10.9. The molecule has 1 aromatic carbocycles. The molecule has 2 aromatic rings. The summed E-state index contributed by atoms with van der Waals surface area (Å²) in [6, 6.07) is 9.08. The smallest absolute Gasteiger partial charge is 0.191 e. The molecule has 2 fully saturated rings. The van der Waals surface area contributed by atoms with Gasteiger partial charge in [-0.25, -0.2) is 0 Å². The van der Waals surface area contributed by atoms with E-state index in [1.165, 1.54) is 44.1 Å². The fourth-order valence-corrected chi connectivity index (χ4v) is 3.85. The van der Waals surface area contributed by atoms with Gasteiger partial charge in [0.2, 0.25) is 0 Å². The Kier molecular flexibility index (Phi) is 6.37. The summed E-state index contributed by atoms with van der Waals surface area (Å²) in [5.74, 6) is 2.50. The van der Waals surface area contributed by atoms with Crippen LogP contribution in [0.4, 0.5) is 0 Å². The summed E-state index contributed by atoms with van der Waals surface area (Å²) in [4.78, 5) is 4.35. The molecular weight excluding hydrogens is 362 g/mol. The average molecular weight is 396 g/mol. The van der Waals surface area contributed by atoms with E-state index in [0.29, 0.717) is 19.1 Å². The summed E-state index contributed by atoms with van der Waals surface area (Å²) in [6.07, 6.45) is 9.84. The predicted molar refractivity (Wildman–Crippen MR) is 116 cm³/mol. The van der Waals surface area contributed by atoms with Crippen LogP contribution < -0.4 is 15.4 Å². The normalized spacial score (nSPS) is 17.5. The Morgan fingerprint density at radius 2 is 1.93 bits per heavy atom. The zero-order valence-electron chi connectivity index (χ0n) is 17.7. The van der Waals surface area contributed by atoms with E-state index in [1.54, 1.807) is 7.05 Å². The number of guanidine groups is 1. The molecule has 4 rings (SSSR count). The van der Waals surface area contributed by atoms with Gasteiger partial charge in [0.25, 0.3) is 0 Å². The van der Waals surface area contributed by atoms with E-state index in [-0.39, 0.29) is 0 Å². The highest BCUT2D eigenvalue weighted by Crippen LogP contribution is 2.31. The second kappa shape index (κ2) is 9.33. The first kappa shape index (κ1) is 19.8. The number of ether oxygens (including phenoxy) is 1. The molecule has 0 unspecified atom stereocenters. The molecule has 29 heavy (non-hydrogen) atoms. The van der Waals surface area contributed by atoms with Crippen LogP contribution in [0.2, 0.25) is 0 Å². The minimum absolute atomic E-state index is 0.580. The van der Waals surface area contributed by atoms with E-state index in [0.717, 1.165) is 35.5 Å². The monoisotopic (exact) mass is 395 g/mol. The lowest BCUT2D eigenvalue weighted by molar-refractivity contribution is 0.296. The van der Waals surface area contributed by atoms with Crippen LogP contribution in [-0.2, 0) is 13.1 Å². The number of rotatable bonds is 8. The second-order valence-electron chi connectivity index (χ2n) is 8.37. The van der Waals surface area contributed by atoms with Gasteiger partial charge >= 0.3 is 0 Å². The van der Waals surface area contributed by atoms with Crippen LogP contribution in [0.1, 0.15) is 61.4 Å². The fourth-order valence-electron chi connectivity index (χ4n) is 3.85. The number of aliphatic imine (C=N–C) groups is 1. The van der Waals surface area contributed by atoms with Crippen molar-refractivity contribution in [1.82, 2.24) is 20.4 Å². The molecule has 2 N–H and O–H groups in total. The Bertz CT molecular complexity index is 834. The van der Waals surface area contributed by atoms with Crippen LogP contribution in [0.5, 0.6) is 5.75 Å². The number of hydrogen-bond donors (Lipinski definition) is 2. The van der Waals surface area contributed by atoms with Gasteiger partial charge in [-0.15, -0.1) is 0 Å². The SMILES string of the molecule is CN=C(NCc1ccn(C2CCCC2)n1)NCc1ccc(C)cc1OCC1CC1. The van der Waals surface area contributed by atoms with Crippen molar-refractivity contribution < 1.29 is 4.74 Å². The average Bonchev–Trinajstić information content (AvgIpc) is 3.18. The lowest BCUT2D eigenvalue weighted by Gasteiger charge is -2.15. The summed E-state index contributed by atoms with van der Waals surface area (Å²) in [5, 5.41) is 11.5. The van der Waals surface area contributed by atoms with Gasteiger partial charge in [-0.1, -0.05) is 25.0 Å². The number of aryl methyl sites for hydroxylation is 1. The van der Waals surface area contributed by atoms with Gasteiger partial charge in [0.15, 0.2) is 5.96 Å². The van der Waals surface area contributed by atoms with E-state index in [1.807, 2.05) is 0 Å². The molecule has 2 aliphatic carbocycles. The molecule has 6 heteroatoms. The highest BCUT2D eigenvalue weighted by Gasteiger charge is 2.22. The molecule has 0 saturated heterocycles. The third-order valence-electron chi connectivity index (χ3n) is 5.86. The topological polar surface area (TPSA) is 63.5 Å². The first-order valence-electron chi connectivity index (χ1n) is 10.9. The number of aromatic nitrogens is 2. The van der Waals surface area contributed by atoms with Gasteiger partial charge in [-0.05, 0) is 56.2 Å². The molecule has 0 radical (unpaired) electrons. The van der Waals surface area contributed by atoms with Crippen molar-refractivity contribution in [3.63, 3.8) is 0 Å². The quantitative estimate of drug-likeness (QED) is 0.525. The van der Waals surface area contributed by atoms with Crippen molar-refractivity contribution in [2.75, 3.05) is 13.7 Å². The number of benzene rings is 1. The molecule has 1 heterocycles. The van der Waals surface area contributed by atoms with Gasteiger partial charge in [-0.3, -0.25) is 9.67 Å². The van der Waals surface area contributed by atoms with E-state index < -0.39 is 0 Å². The van der Waals surface area contributed by atoms with Crippen LogP contribution in [0.15, 0.2) is 35.5 Å². The predicted octanol–water partition coefficient (Wildman–Crippen LogP) is 3.96. The Morgan fingerprint density at radius 1 is 1.14 bits per heavy atom. The van der Waals surface area contributed by atoms with Crippen LogP contribution in [-0.4, -0.2) is 29.4 Å². The zero-order valence-corrected chi connectivity index (χ0v) is 17.7. The van der Waals surface area contributed by atoms with Crippen molar-refractivity contribution in [1.29, 1.82) is 0 Å². The second-order valence-corrected chi connectivity index (χ2v) is 8.37. The van der Waals surface area contributed by atoms with Crippen LogP contribution in [0.25, 0.3) is 0 Å². The fraction of sp³-hybridized carbons (Fsp3) is 0.565. The minimum Gasteiger partial charge on any atom is -0.493 e. The summed E-state index contributed by atoms with van der Waals surface area (Å²) < 4.78 is 8.21. The number of hydrogen-bond acceptors (Lipinski definition) is 3. The molecule has 0 aliphatic heterocycles. The minimum atomic E-state index is 0.580. The van der Waals surface area contributed by atoms with Crippen LogP contribution in [0.3, 0.4) is 0 Å². The Hall–Kier alpha value is -2.50. The van der Waals surface area contributed by atoms with Crippen molar-refractivity contribution in [3.05, 3.63) is 47.3 Å². The molecule has 0 atom stereocenters. The van der Waals surface area contributed by atoms with E-state index in [4.69, 9.17) is 9.84 Å². The molecule has 0 spiro atoms. The highest BCUT2D eigenvalue weighted by atomic mass is 16.5. The number of nitrogens with one attached hydrogen (secondary N) is 2. The van der Waals surface area contributed by atoms with Crippen LogP contribution >= 0.6 is 0 Å². The maximum atomic E-state index is 6.08. The van der Waals surface area contributed by atoms with Gasteiger partial charge < -0.3 is 15.4 Å². The highest BCUT2D eigenvalue weighted by molar-refractivity contribution is 5.79. The van der Waals surface area contributed by atoms with E-state index >= 15 is 0 Å². The Morgan fingerprint density at radius 3 is 2.69 bits per heavy atom. The molecule has 0 amide bonds. The largest absolute Gasteiger partial charge is 0.493 e. The molecule has 0 bridgehead atoms.